The normalized spacial score (nSPS) is 13.1. The molecule has 1 unspecified atom stereocenters. The summed E-state index contributed by atoms with van der Waals surface area (Å²) in [6, 6.07) is 0. The second kappa shape index (κ2) is 10.1. The zero-order valence-corrected chi connectivity index (χ0v) is 13.5. The van der Waals surface area contributed by atoms with Crippen LogP contribution in [0.3, 0.4) is 0 Å². The molecular formula is C13H27NO4Si. The van der Waals surface area contributed by atoms with Gasteiger partial charge in [-0.1, -0.05) is 19.9 Å². The van der Waals surface area contributed by atoms with Gasteiger partial charge in [0.15, 0.2) is 0 Å². The molecule has 5 nitrogen and oxygen atoms in total. The van der Waals surface area contributed by atoms with Crippen LogP contribution in [0.4, 0.5) is 0 Å². The Morgan fingerprint density at radius 2 is 1.63 bits per heavy atom. The molecule has 1 N–H and O–H groups in total. The minimum Gasteiger partial charge on any atom is -0.373 e. The zero-order valence-electron chi connectivity index (χ0n) is 12.5. The van der Waals surface area contributed by atoms with Crippen molar-refractivity contribution >= 4 is 14.7 Å². The molecule has 0 aromatic heterocycles. The summed E-state index contributed by atoms with van der Waals surface area (Å²) >= 11 is 0. The van der Waals surface area contributed by atoms with Crippen LogP contribution in [-0.2, 0) is 18.1 Å². The molecule has 0 spiro atoms. The van der Waals surface area contributed by atoms with E-state index in [9.17, 15) is 4.79 Å². The van der Waals surface area contributed by atoms with Crippen molar-refractivity contribution in [2.75, 3.05) is 19.8 Å². The Morgan fingerprint density at radius 1 is 1.16 bits per heavy atom. The van der Waals surface area contributed by atoms with Crippen LogP contribution in [0.5, 0.6) is 0 Å². The molecule has 0 bridgehead atoms. The summed E-state index contributed by atoms with van der Waals surface area (Å²) in [5.74, 6) is -0.227. The van der Waals surface area contributed by atoms with Crippen LogP contribution in [0.1, 0.15) is 40.5 Å². The first-order valence-electron chi connectivity index (χ1n) is 6.94. The first-order valence-corrected chi connectivity index (χ1v) is 8.75. The maximum Gasteiger partial charge on any atom is 0.524 e. The molecule has 0 aromatic rings. The number of hydrogen-bond acceptors (Lipinski definition) is 4. The average Bonchev–Trinajstić information content (AvgIpc) is 2.38. The highest BCUT2D eigenvalue weighted by molar-refractivity contribution is 6.62. The third kappa shape index (κ3) is 5.86. The van der Waals surface area contributed by atoms with Crippen molar-refractivity contribution in [3.63, 3.8) is 0 Å². The lowest BCUT2D eigenvalue weighted by Crippen LogP contribution is -2.62. The van der Waals surface area contributed by atoms with E-state index in [0.29, 0.717) is 19.8 Å². The number of carbonyl (C=O) groups excluding carboxylic acids is 1. The van der Waals surface area contributed by atoms with Gasteiger partial charge in [0.25, 0.3) is 0 Å². The van der Waals surface area contributed by atoms with Crippen molar-refractivity contribution in [3.8, 4) is 0 Å². The molecule has 0 saturated carbocycles. The van der Waals surface area contributed by atoms with Crippen molar-refractivity contribution in [2.24, 2.45) is 0 Å². The number of hydrogen-bond donors (Lipinski definition) is 1. The van der Waals surface area contributed by atoms with Gasteiger partial charge >= 0.3 is 8.80 Å². The molecule has 112 valence electrons. The highest BCUT2D eigenvalue weighted by Crippen LogP contribution is 2.19. The molecule has 0 rings (SSSR count). The van der Waals surface area contributed by atoms with Gasteiger partial charge in [0.05, 0.1) is 5.67 Å². The van der Waals surface area contributed by atoms with E-state index in [1.54, 1.807) is 0 Å². The second-order valence-electron chi connectivity index (χ2n) is 3.96. The summed E-state index contributed by atoms with van der Waals surface area (Å²) in [4.78, 5) is 11.6. The minimum atomic E-state index is -2.90. The first-order chi connectivity index (χ1) is 9.10. The molecule has 0 aliphatic rings. The summed E-state index contributed by atoms with van der Waals surface area (Å²) in [5.41, 5.74) is -0.233. The highest BCUT2D eigenvalue weighted by Gasteiger charge is 2.49. The fourth-order valence-corrected chi connectivity index (χ4v) is 4.91. The molecule has 0 aliphatic heterocycles. The Hall–Kier alpha value is -0.693. The Labute approximate surface area is 117 Å². The van der Waals surface area contributed by atoms with Crippen LogP contribution < -0.4 is 5.32 Å². The zero-order chi connectivity index (χ0) is 14.7. The summed E-state index contributed by atoms with van der Waals surface area (Å²) in [7, 11) is -2.90. The number of amides is 1. The fourth-order valence-electron chi connectivity index (χ4n) is 1.89. The average molecular weight is 289 g/mol. The van der Waals surface area contributed by atoms with Crippen LogP contribution in [0.2, 0.25) is 0 Å². The smallest absolute Gasteiger partial charge is 0.373 e. The maximum atomic E-state index is 11.6. The lowest BCUT2D eigenvalue weighted by molar-refractivity contribution is -0.117. The minimum absolute atomic E-state index is 0.227. The molecule has 19 heavy (non-hydrogen) atoms. The van der Waals surface area contributed by atoms with Crippen molar-refractivity contribution in [3.05, 3.63) is 12.7 Å². The molecule has 1 amide bonds. The predicted molar refractivity (Wildman–Crippen MR) is 77.7 cm³/mol. The third-order valence-electron chi connectivity index (χ3n) is 2.54. The lowest BCUT2D eigenvalue weighted by atomic mass is 10.3. The SMILES string of the molecule is C=CC(=O)NC(CCC)[Si](OCC)(OCC)OCC. The van der Waals surface area contributed by atoms with Crippen LogP contribution in [0.15, 0.2) is 12.7 Å². The Bertz CT molecular complexity index is 256. The molecule has 6 heteroatoms. The van der Waals surface area contributed by atoms with Crippen LogP contribution in [-0.4, -0.2) is 40.2 Å². The second-order valence-corrected chi connectivity index (χ2v) is 6.73. The molecule has 0 heterocycles. The van der Waals surface area contributed by atoms with E-state index in [1.165, 1.54) is 6.08 Å². The molecule has 0 saturated heterocycles. The monoisotopic (exact) mass is 289 g/mol. The summed E-state index contributed by atoms with van der Waals surface area (Å²) in [6.07, 6.45) is 2.92. The van der Waals surface area contributed by atoms with E-state index in [0.717, 1.165) is 12.8 Å². The van der Waals surface area contributed by atoms with Gasteiger partial charge in [-0.15, -0.1) is 0 Å². The van der Waals surface area contributed by atoms with Gasteiger partial charge in [-0.25, -0.2) is 0 Å². The molecule has 0 aromatic carbocycles. The summed E-state index contributed by atoms with van der Waals surface area (Å²) in [5, 5.41) is 2.89. The van der Waals surface area contributed by atoms with Gasteiger partial charge in [-0.3, -0.25) is 4.79 Å². The van der Waals surface area contributed by atoms with Gasteiger partial charge in [0, 0.05) is 19.8 Å². The fraction of sp³-hybridized carbons (Fsp3) is 0.769. The van der Waals surface area contributed by atoms with E-state index >= 15 is 0 Å². The Balaban J connectivity index is 5.16. The predicted octanol–water partition coefficient (Wildman–Crippen LogP) is 2.04. The van der Waals surface area contributed by atoms with E-state index in [-0.39, 0.29) is 11.6 Å². The van der Waals surface area contributed by atoms with Gasteiger partial charge in [0.1, 0.15) is 0 Å². The van der Waals surface area contributed by atoms with Crippen LogP contribution >= 0.6 is 0 Å². The van der Waals surface area contributed by atoms with Gasteiger partial charge in [-0.2, -0.15) is 0 Å². The quantitative estimate of drug-likeness (QED) is 0.467. The topological polar surface area (TPSA) is 56.8 Å². The van der Waals surface area contributed by atoms with E-state index < -0.39 is 8.80 Å². The summed E-state index contributed by atoms with van der Waals surface area (Å²) in [6.45, 7) is 12.7. The standard InChI is InChI=1S/C13H27NO4Si/c1-6-11-13(14-12(15)7-2)19(16-8-3,17-9-4)18-10-5/h7,13H,2,6,8-11H2,1,3-5H3,(H,14,15). The van der Waals surface area contributed by atoms with Gasteiger partial charge in [-0.05, 0) is 33.3 Å². The number of nitrogens with one attached hydrogen (secondary N) is 1. The molecule has 0 fully saturated rings. The summed E-state index contributed by atoms with van der Waals surface area (Å²) < 4.78 is 17.4. The van der Waals surface area contributed by atoms with Crippen LogP contribution in [0, 0.1) is 0 Å². The first kappa shape index (κ1) is 18.3. The van der Waals surface area contributed by atoms with Crippen molar-refractivity contribution in [1.29, 1.82) is 0 Å². The molecule has 0 aliphatic carbocycles. The lowest BCUT2D eigenvalue weighted by Gasteiger charge is -2.35. The third-order valence-corrected chi connectivity index (χ3v) is 5.90. The molecule has 1 atom stereocenters. The van der Waals surface area contributed by atoms with Crippen molar-refractivity contribution < 1.29 is 18.1 Å². The van der Waals surface area contributed by atoms with Gasteiger partial charge in [0.2, 0.25) is 5.91 Å². The highest BCUT2D eigenvalue weighted by atomic mass is 28.4. The molecular weight excluding hydrogens is 262 g/mol. The Kier molecular flexibility index (Phi) is 9.77. The maximum absolute atomic E-state index is 11.6. The number of rotatable bonds is 11. The van der Waals surface area contributed by atoms with E-state index in [4.69, 9.17) is 13.3 Å². The number of carbonyl (C=O) groups is 1. The Morgan fingerprint density at radius 3 is 1.95 bits per heavy atom. The van der Waals surface area contributed by atoms with Crippen molar-refractivity contribution in [2.45, 2.75) is 46.2 Å². The van der Waals surface area contributed by atoms with Crippen molar-refractivity contribution in [1.82, 2.24) is 5.32 Å². The van der Waals surface area contributed by atoms with E-state index in [2.05, 4.69) is 18.8 Å². The van der Waals surface area contributed by atoms with Gasteiger partial charge < -0.3 is 18.6 Å². The largest absolute Gasteiger partial charge is 0.524 e. The molecule has 0 radical (unpaired) electrons. The van der Waals surface area contributed by atoms with Crippen LogP contribution in [0.25, 0.3) is 0 Å². The van der Waals surface area contributed by atoms with E-state index in [1.807, 2.05) is 20.8 Å².